The Morgan fingerprint density at radius 3 is 2.85 bits per heavy atom. The lowest BCUT2D eigenvalue weighted by Crippen LogP contribution is -2.28. The van der Waals surface area contributed by atoms with E-state index < -0.39 is 0 Å². The van der Waals surface area contributed by atoms with E-state index in [2.05, 4.69) is 21.4 Å². The van der Waals surface area contributed by atoms with E-state index in [1.807, 2.05) is 18.4 Å². The zero-order valence-corrected chi connectivity index (χ0v) is 13.0. The lowest BCUT2D eigenvalue weighted by atomic mass is 10.1. The molecule has 104 valence electrons. The Balaban J connectivity index is 2.18. The maximum Gasteiger partial charge on any atom is 0.134 e. The summed E-state index contributed by atoms with van der Waals surface area (Å²) in [7, 11) is 0. The van der Waals surface area contributed by atoms with Crippen LogP contribution in [0.1, 0.15) is 22.2 Å². The van der Waals surface area contributed by atoms with E-state index in [-0.39, 0.29) is 11.9 Å². The fourth-order valence-electron chi connectivity index (χ4n) is 2.27. The van der Waals surface area contributed by atoms with Crippen LogP contribution in [0, 0.1) is 12.7 Å². The molecular weight excluding hydrogens is 343 g/mol. The lowest BCUT2D eigenvalue weighted by molar-refractivity contribution is 0.476. The van der Waals surface area contributed by atoms with Crippen molar-refractivity contribution >= 4 is 38.2 Å². The van der Waals surface area contributed by atoms with E-state index in [9.17, 15) is 4.39 Å². The lowest BCUT2D eigenvalue weighted by Gasteiger charge is -2.13. The van der Waals surface area contributed by atoms with Crippen LogP contribution >= 0.6 is 27.3 Å². The summed E-state index contributed by atoms with van der Waals surface area (Å²) in [6.45, 7) is 1.91. The smallest absolute Gasteiger partial charge is 0.134 e. The zero-order valence-electron chi connectivity index (χ0n) is 10.6. The summed E-state index contributed by atoms with van der Waals surface area (Å²) in [6.07, 6.45) is 0. The van der Waals surface area contributed by atoms with Crippen molar-refractivity contribution in [1.29, 1.82) is 0 Å². The number of hydrazine groups is 1. The first-order valence-electron chi connectivity index (χ1n) is 5.99. The molecule has 2 aromatic heterocycles. The van der Waals surface area contributed by atoms with Crippen molar-refractivity contribution in [3.8, 4) is 0 Å². The van der Waals surface area contributed by atoms with Gasteiger partial charge in [0, 0.05) is 20.3 Å². The molecule has 3 rings (SSSR count). The highest BCUT2D eigenvalue weighted by molar-refractivity contribution is 9.10. The van der Waals surface area contributed by atoms with Crippen LogP contribution in [-0.4, -0.2) is 0 Å². The molecule has 0 bridgehead atoms. The molecule has 0 aliphatic heterocycles. The van der Waals surface area contributed by atoms with E-state index in [0.717, 1.165) is 20.3 Å². The van der Waals surface area contributed by atoms with Gasteiger partial charge in [-0.1, -0.05) is 0 Å². The molecule has 3 nitrogen and oxygen atoms in total. The van der Waals surface area contributed by atoms with Crippen molar-refractivity contribution < 1.29 is 8.81 Å². The number of benzene rings is 1. The number of nitrogens with two attached hydrogens (primary N) is 1. The van der Waals surface area contributed by atoms with Crippen molar-refractivity contribution in [3.63, 3.8) is 0 Å². The van der Waals surface area contributed by atoms with E-state index in [0.29, 0.717) is 11.3 Å². The van der Waals surface area contributed by atoms with Crippen molar-refractivity contribution in [2.24, 2.45) is 5.84 Å². The summed E-state index contributed by atoms with van der Waals surface area (Å²) in [5, 5.41) is 2.74. The van der Waals surface area contributed by atoms with Gasteiger partial charge in [-0.25, -0.2) is 9.82 Å². The molecule has 0 fully saturated rings. The third kappa shape index (κ3) is 2.18. The number of hydrogen-bond acceptors (Lipinski definition) is 4. The van der Waals surface area contributed by atoms with Gasteiger partial charge in [-0.15, -0.1) is 11.3 Å². The molecule has 3 aromatic rings. The Morgan fingerprint density at radius 2 is 2.20 bits per heavy atom. The van der Waals surface area contributed by atoms with Gasteiger partial charge in [0.2, 0.25) is 0 Å². The average Bonchev–Trinajstić information content (AvgIpc) is 2.98. The Labute approximate surface area is 127 Å². The summed E-state index contributed by atoms with van der Waals surface area (Å²) in [6, 6.07) is 6.20. The van der Waals surface area contributed by atoms with E-state index in [1.165, 1.54) is 12.1 Å². The second-order valence-electron chi connectivity index (χ2n) is 4.46. The van der Waals surface area contributed by atoms with Crippen LogP contribution < -0.4 is 11.3 Å². The SMILES string of the molecule is Cc1c(C(NN)c2sccc2Br)oc2ccc(F)cc12. The standard InChI is InChI=1S/C14H12BrFN2OS/c1-7-9-6-8(16)2-3-11(9)19-13(7)12(18-17)14-10(15)4-5-20-14/h2-6,12,18H,17H2,1H3. The van der Waals surface area contributed by atoms with Crippen LogP contribution in [0.4, 0.5) is 4.39 Å². The molecule has 3 N–H and O–H groups in total. The topological polar surface area (TPSA) is 51.2 Å². The molecule has 1 atom stereocenters. The van der Waals surface area contributed by atoms with Crippen LogP contribution in [0.3, 0.4) is 0 Å². The van der Waals surface area contributed by atoms with Gasteiger partial charge < -0.3 is 4.42 Å². The maximum atomic E-state index is 13.4. The maximum absolute atomic E-state index is 13.4. The van der Waals surface area contributed by atoms with E-state index >= 15 is 0 Å². The first-order chi connectivity index (χ1) is 9.61. The number of rotatable bonds is 3. The van der Waals surface area contributed by atoms with Crippen molar-refractivity contribution in [1.82, 2.24) is 5.43 Å². The van der Waals surface area contributed by atoms with Crippen molar-refractivity contribution in [2.75, 3.05) is 0 Å². The molecule has 0 amide bonds. The summed E-state index contributed by atoms with van der Waals surface area (Å²) in [5.41, 5.74) is 4.32. The molecule has 0 saturated heterocycles. The molecule has 20 heavy (non-hydrogen) atoms. The number of aryl methyl sites for hydroxylation is 1. The van der Waals surface area contributed by atoms with Crippen LogP contribution in [0.15, 0.2) is 38.5 Å². The Hall–Kier alpha value is -1.21. The number of thiophene rings is 1. The molecule has 0 radical (unpaired) electrons. The zero-order chi connectivity index (χ0) is 14.3. The van der Waals surface area contributed by atoms with Gasteiger partial charge in [-0.05, 0) is 52.5 Å². The highest BCUT2D eigenvalue weighted by atomic mass is 79.9. The van der Waals surface area contributed by atoms with E-state index in [4.69, 9.17) is 10.3 Å². The number of nitrogens with one attached hydrogen (secondary N) is 1. The minimum atomic E-state index is -0.275. The quantitative estimate of drug-likeness (QED) is 0.545. The minimum absolute atomic E-state index is 0.264. The van der Waals surface area contributed by atoms with E-state index in [1.54, 1.807) is 17.4 Å². The summed E-state index contributed by atoms with van der Waals surface area (Å²) >= 11 is 5.07. The number of hydrogen-bond donors (Lipinski definition) is 2. The van der Waals surface area contributed by atoms with Gasteiger partial charge in [0.25, 0.3) is 0 Å². The molecule has 0 aliphatic rings. The molecule has 0 saturated carbocycles. The molecule has 6 heteroatoms. The van der Waals surface area contributed by atoms with Gasteiger partial charge in [0.1, 0.15) is 23.2 Å². The Kier molecular flexibility index (Phi) is 3.64. The van der Waals surface area contributed by atoms with Gasteiger partial charge in [-0.3, -0.25) is 5.84 Å². The van der Waals surface area contributed by atoms with Crippen molar-refractivity contribution in [2.45, 2.75) is 13.0 Å². The second kappa shape index (κ2) is 5.29. The molecule has 0 spiro atoms. The summed E-state index contributed by atoms with van der Waals surface area (Å²) in [4.78, 5) is 1.02. The first kappa shape index (κ1) is 13.8. The van der Waals surface area contributed by atoms with Crippen molar-refractivity contribution in [3.05, 3.63) is 56.1 Å². The molecule has 1 unspecified atom stereocenters. The molecule has 1 aromatic carbocycles. The minimum Gasteiger partial charge on any atom is -0.459 e. The fourth-order valence-corrected chi connectivity index (χ4v) is 3.93. The normalized spacial score (nSPS) is 13.0. The number of halogens is 2. The third-order valence-electron chi connectivity index (χ3n) is 3.27. The largest absolute Gasteiger partial charge is 0.459 e. The molecular formula is C14H12BrFN2OS. The highest BCUT2D eigenvalue weighted by Gasteiger charge is 2.24. The Bertz CT molecular complexity index is 768. The predicted molar refractivity (Wildman–Crippen MR) is 82.1 cm³/mol. The monoisotopic (exact) mass is 354 g/mol. The highest BCUT2D eigenvalue weighted by Crippen LogP contribution is 2.37. The fraction of sp³-hybridized carbons (Fsp3) is 0.143. The molecule has 2 heterocycles. The number of furan rings is 1. The van der Waals surface area contributed by atoms with Gasteiger partial charge in [-0.2, -0.15) is 0 Å². The number of fused-ring (bicyclic) bond motifs is 1. The predicted octanol–water partition coefficient (Wildman–Crippen LogP) is 4.26. The van der Waals surface area contributed by atoms with Crippen LogP contribution in [-0.2, 0) is 0 Å². The van der Waals surface area contributed by atoms with Gasteiger partial charge >= 0.3 is 0 Å². The van der Waals surface area contributed by atoms with Gasteiger partial charge in [0.15, 0.2) is 0 Å². The average molecular weight is 355 g/mol. The Morgan fingerprint density at radius 1 is 1.40 bits per heavy atom. The summed E-state index contributed by atoms with van der Waals surface area (Å²) < 4.78 is 20.2. The van der Waals surface area contributed by atoms with Crippen LogP contribution in [0.2, 0.25) is 0 Å². The molecule has 0 aliphatic carbocycles. The second-order valence-corrected chi connectivity index (χ2v) is 6.27. The van der Waals surface area contributed by atoms with Crippen LogP contribution in [0.5, 0.6) is 0 Å². The third-order valence-corrected chi connectivity index (χ3v) is 5.21. The van der Waals surface area contributed by atoms with Gasteiger partial charge in [0.05, 0.1) is 0 Å². The first-order valence-corrected chi connectivity index (χ1v) is 7.66. The summed E-state index contributed by atoms with van der Waals surface area (Å²) in [5.74, 6) is 6.12. The van der Waals surface area contributed by atoms with Crippen LogP contribution in [0.25, 0.3) is 11.0 Å².